The third-order valence-electron chi connectivity index (χ3n) is 3.40. The minimum atomic E-state index is 0.0327. The predicted octanol–water partition coefficient (Wildman–Crippen LogP) is 1.68. The lowest BCUT2D eigenvalue weighted by molar-refractivity contribution is -0.126. The van der Waals surface area contributed by atoms with E-state index in [1.807, 2.05) is 7.05 Å². The highest BCUT2D eigenvalue weighted by Crippen LogP contribution is 2.48. The summed E-state index contributed by atoms with van der Waals surface area (Å²) in [6.07, 6.45) is 6.68. The molecule has 1 saturated carbocycles. The maximum Gasteiger partial charge on any atom is 0.226 e. The Kier molecular flexibility index (Phi) is 5.09. The zero-order valence-electron chi connectivity index (χ0n) is 10.1. The van der Waals surface area contributed by atoms with Gasteiger partial charge >= 0.3 is 0 Å². The molecule has 3 nitrogen and oxygen atoms in total. The van der Waals surface area contributed by atoms with Crippen LogP contribution in [0.15, 0.2) is 0 Å². The highest BCUT2D eigenvalue weighted by Gasteiger charge is 2.47. The summed E-state index contributed by atoms with van der Waals surface area (Å²) in [6, 6.07) is 0. The second-order valence-corrected chi connectivity index (χ2v) is 4.55. The summed E-state index contributed by atoms with van der Waals surface area (Å²) in [4.78, 5) is 11.7. The topological polar surface area (TPSA) is 41.1 Å². The monoisotopic (exact) mass is 212 g/mol. The molecule has 1 fully saturated rings. The SMILES string of the molecule is CCC1(C(=O)NCCCCCNC)CC1. The molecular formula is C12H24N2O. The van der Waals surface area contributed by atoms with Crippen molar-refractivity contribution in [2.24, 2.45) is 5.41 Å². The Morgan fingerprint density at radius 3 is 2.40 bits per heavy atom. The molecule has 0 atom stereocenters. The van der Waals surface area contributed by atoms with Gasteiger partial charge in [0.1, 0.15) is 0 Å². The Labute approximate surface area is 93.0 Å². The Bertz CT molecular complexity index is 200. The molecule has 0 heterocycles. The van der Waals surface area contributed by atoms with Gasteiger partial charge in [0.25, 0.3) is 0 Å². The van der Waals surface area contributed by atoms with E-state index in [0.717, 1.165) is 38.8 Å². The van der Waals surface area contributed by atoms with Crippen molar-refractivity contribution in [2.75, 3.05) is 20.1 Å². The number of hydrogen-bond donors (Lipinski definition) is 2. The van der Waals surface area contributed by atoms with Gasteiger partial charge < -0.3 is 10.6 Å². The van der Waals surface area contributed by atoms with Crippen molar-refractivity contribution in [3.05, 3.63) is 0 Å². The molecule has 0 unspecified atom stereocenters. The highest BCUT2D eigenvalue weighted by molar-refractivity contribution is 5.85. The predicted molar refractivity (Wildman–Crippen MR) is 62.7 cm³/mol. The Morgan fingerprint density at radius 1 is 1.20 bits per heavy atom. The fourth-order valence-electron chi connectivity index (χ4n) is 1.89. The van der Waals surface area contributed by atoms with Gasteiger partial charge in [0, 0.05) is 12.0 Å². The van der Waals surface area contributed by atoms with Gasteiger partial charge in [-0.2, -0.15) is 0 Å². The van der Waals surface area contributed by atoms with E-state index in [2.05, 4.69) is 17.6 Å². The van der Waals surface area contributed by atoms with Crippen LogP contribution in [0.2, 0.25) is 0 Å². The van der Waals surface area contributed by atoms with E-state index >= 15 is 0 Å². The van der Waals surface area contributed by atoms with E-state index < -0.39 is 0 Å². The molecule has 3 heteroatoms. The molecule has 1 rings (SSSR count). The molecule has 0 bridgehead atoms. The first-order chi connectivity index (χ1) is 7.25. The zero-order chi connectivity index (χ0) is 11.1. The quantitative estimate of drug-likeness (QED) is 0.601. The number of rotatable bonds is 8. The van der Waals surface area contributed by atoms with Crippen LogP contribution < -0.4 is 10.6 Å². The van der Waals surface area contributed by atoms with Gasteiger partial charge in [-0.05, 0) is 45.7 Å². The minimum absolute atomic E-state index is 0.0327. The first kappa shape index (κ1) is 12.5. The van der Waals surface area contributed by atoms with Gasteiger partial charge in [0.2, 0.25) is 5.91 Å². The molecular weight excluding hydrogens is 188 g/mol. The van der Waals surface area contributed by atoms with E-state index in [9.17, 15) is 4.79 Å². The van der Waals surface area contributed by atoms with E-state index in [1.54, 1.807) is 0 Å². The Balaban J connectivity index is 1.98. The summed E-state index contributed by atoms with van der Waals surface area (Å²) in [7, 11) is 1.97. The van der Waals surface area contributed by atoms with Crippen molar-refractivity contribution in [1.29, 1.82) is 0 Å². The molecule has 0 aromatic heterocycles. The van der Waals surface area contributed by atoms with Crippen LogP contribution in [0.1, 0.15) is 45.4 Å². The van der Waals surface area contributed by atoms with Gasteiger partial charge in [0.15, 0.2) is 0 Å². The van der Waals surface area contributed by atoms with Crippen LogP contribution in [0.25, 0.3) is 0 Å². The average Bonchev–Trinajstić information content (AvgIpc) is 3.03. The van der Waals surface area contributed by atoms with E-state index in [-0.39, 0.29) is 5.41 Å². The molecule has 2 N–H and O–H groups in total. The largest absolute Gasteiger partial charge is 0.356 e. The van der Waals surface area contributed by atoms with E-state index in [0.29, 0.717) is 5.91 Å². The number of nitrogens with one attached hydrogen (secondary N) is 2. The standard InChI is InChI=1S/C12H24N2O/c1-3-12(7-8-12)11(15)14-10-6-4-5-9-13-2/h13H,3-10H2,1-2H3,(H,14,15). The average molecular weight is 212 g/mol. The molecule has 0 aromatic carbocycles. The lowest BCUT2D eigenvalue weighted by atomic mass is 10.0. The Morgan fingerprint density at radius 2 is 1.87 bits per heavy atom. The molecule has 0 saturated heterocycles. The fourth-order valence-corrected chi connectivity index (χ4v) is 1.89. The van der Waals surface area contributed by atoms with Crippen LogP contribution in [0.5, 0.6) is 0 Å². The van der Waals surface area contributed by atoms with Crippen LogP contribution in [0.4, 0.5) is 0 Å². The molecule has 0 spiro atoms. The van der Waals surface area contributed by atoms with E-state index in [4.69, 9.17) is 0 Å². The molecule has 88 valence electrons. The highest BCUT2D eigenvalue weighted by atomic mass is 16.2. The van der Waals surface area contributed by atoms with E-state index in [1.165, 1.54) is 12.8 Å². The molecule has 0 aliphatic heterocycles. The minimum Gasteiger partial charge on any atom is -0.356 e. The van der Waals surface area contributed by atoms with Gasteiger partial charge in [-0.25, -0.2) is 0 Å². The Hall–Kier alpha value is -0.570. The maximum atomic E-state index is 11.7. The van der Waals surface area contributed by atoms with Crippen LogP contribution in [0, 0.1) is 5.41 Å². The number of hydrogen-bond acceptors (Lipinski definition) is 2. The van der Waals surface area contributed by atoms with Crippen molar-refractivity contribution >= 4 is 5.91 Å². The number of amides is 1. The number of carbonyl (C=O) groups excluding carboxylic acids is 1. The molecule has 15 heavy (non-hydrogen) atoms. The van der Waals surface area contributed by atoms with Crippen LogP contribution in [0.3, 0.4) is 0 Å². The van der Waals surface area contributed by atoms with Gasteiger partial charge in [-0.3, -0.25) is 4.79 Å². The summed E-state index contributed by atoms with van der Waals surface area (Å²) in [5.41, 5.74) is 0.0327. The fraction of sp³-hybridized carbons (Fsp3) is 0.917. The first-order valence-corrected chi connectivity index (χ1v) is 6.18. The zero-order valence-corrected chi connectivity index (χ0v) is 10.1. The van der Waals surface area contributed by atoms with Crippen molar-refractivity contribution in [3.8, 4) is 0 Å². The lowest BCUT2D eigenvalue weighted by Crippen LogP contribution is -2.32. The van der Waals surface area contributed by atoms with Gasteiger partial charge in [0.05, 0.1) is 0 Å². The van der Waals surface area contributed by atoms with Crippen molar-refractivity contribution in [3.63, 3.8) is 0 Å². The maximum absolute atomic E-state index is 11.7. The van der Waals surface area contributed by atoms with Crippen molar-refractivity contribution < 1.29 is 4.79 Å². The summed E-state index contributed by atoms with van der Waals surface area (Å²) in [5.74, 6) is 0.290. The normalized spacial score (nSPS) is 17.5. The number of unbranched alkanes of at least 4 members (excludes halogenated alkanes) is 2. The third-order valence-corrected chi connectivity index (χ3v) is 3.40. The first-order valence-electron chi connectivity index (χ1n) is 6.18. The molecule has 0 aromatic rings. The summed E-state index contributed by atoms with van der Waals surface area (Å²) >= 11 is 0. The van der Waals surface area contributed by atoms with Gasteiger partial charge in [-0.1, -0.05) is 13.3 Å². The molecule has 1 aliphatic rings. The van der Waals surface area contributed by atoms with Crippen LogP contribution >= 0.6 is 0 Å². The molecule has 1 aliphatic carbocycles. The van der Waals surface area contributed by atoms with Crippen LogP contribution in [-0.2, 0) is 4.79 Å². The van der Waals surface area contributed by atoms with Gasteiger partial charge in [-0.15, -0.1) is 0 Å². The lowest BCUT2D eigenvalue weighted by Gasteiger charge is -2.12. The van der Waals surface area contributed by atoms with Crippen molar-refractivity contribution in [2.45, 2.75) is 45.4 Å². The summed E-state index contributed by atoms with van der Waals surface area (Å²) in [6.45, 7) is 4.04. The summed E-state index contributed by atoms with van der Waals surface area (Å²) in [5, 5.41) is 6.18. The molecule has 0 radical (unpaired) electrons. The smallest absolute Gasteiger partial charge is 0.226 e. The molecule has 1 amide bonds. The number of carbonyl (C=O) groups is 1. The third kappa shape index (κ3) is 3.82. The second kappa shape index (κ2) is 6.11. The van der Waals surface area contributed by atoms with Crippen molar-refractivity contribution in [1.82, 2.24) is 10.6 Å². The second-order valence-electron chi connectivity index (χ2n) is 4.55. The summed E-state index contributed by atoms with van der Waals surface area (Å²) < 4.78 is 0. The van der Waals surface area contributed by atoms with Crippen LogP contribution in [-0.4, -0.2) is 26.0 Å².